The Bertz CT molecular complexity index is 686. The molecule has 1 aromatic carbocycles. The highest BCUT2D eigenvalue weighted by atomic mass is 35.5. The zero-order valence-electron chi connectivity index (χ0n) is 15.5. The zero-order chi connectivity index (χ0) is 19.4. The molecule has 25 heavy (non-hydrogen) atoms. The molecule has 136 valence electrons. The van der Waals surface area contributed by atoms with Crippen molar-refractivity contribution in [3.63, 3.8) is 0 Å². The van der Waals surface area contributed by atoms with E-state index in [-0.39, 0.29) is 16.3 Å². The van der Waals surface area contributed by atoms with E-state index < -0.39 is 11.4 Å². The van der Waals surface area contributed by atoms with Crippen LogP contribution in [0.4, 0.5) is 0 Å². The smallest absolute Gasteiger partial charge is 0.310 e. The first-order valence-electron chi connectivity index (χ1n) is 8.34. The Hall–Kier alpha value is -1.43. The molecule has 0 aliphatic heterocycles. The molecule has 0 aliphatic rings. The standard InChI is InChI=1S/C21H26Cl2O2/c1-7-8-17-9-14(4)18(15(5)10-17)12-21(13(2)3,20(24)25)16(6)11-19(22)23/h1,9-11,13,16H,8,12H2,2-6H3,(H,24,25). The normalized spacial score (nSPS) is 14.5. The minimum atomic E-state index is -1.00. The molecule has 4 heteroatoms. The molecule has 2 nitrogen and oxygen atoms in total. The molecule has 0 aliphatic carbocycles. The van der Waals surface area contributed by atoms with E-state index in [0.717, 1.165) is 22.3 Å². The third-order valence-electron chi connectivity index (χ3n) is 5.15. The minimum absolute atomic E-state index is 0.0941. The van der Waals surface area contributed by atoms with Gasteiger partial charge in [-0.2, -0.15) is 0 Å². The number of terminal acetylenes is 1. The van der Waals surface area contributed by atoms with Crippen LogP contribution in [0.15, 0.2) is 22.7 Å². The van der Waals surface area contributed by atoms with Crippen LogP contribution in [-0.4, -0.2) is 11.1 Å². The third kappa shape index (κ3) is 4.81. The Kier molecular flexibility index (Phi) is 7.60. The van der Waals surface area contributed by atoms with Gasteiger partial charge in [0.2, 0.25) is 0 Å². The summed E-state index contributed by atoms with van der Waals surface area (Å²) in [5, 5.41) is 10.1. The molecule has 1 rings (SSSR count). The van der Waals surface area contributed by atoms with Crippen LogP contribution in [0.1, 0.15) is 43.0 Å². The van der Waals surface area contributed by atoms with Crippen LogP contribution >= 0.6 is 23.2 Å². The van der Waals surface area contributed by atoms with Crippen LogP contribution in [0, 0.1) is 43.4 Å². The number of hydrogen-bond donors (Lipinski definition) is 1. The van der Waals surface area contributed by atoms with E-state index in [4.69, 9.17) is 29.6 Å². The second-order valence-electron chi connectivity index (χ2n) is 7.01. The molecule has 1 aromatic rings. The zero-order valence-corrected chi connectivity index (χ0v) is 17.0. The molecule has 0 aromatic heterocycles. The molecule has 0 fully saturated rings. The lowest BCUT2D eigenvalue weighted by atomic mass is 9.64. The number of aryl methyl sites for hydroxylation is 2. The summed E-state index contributed by atoms with van der Waals surface area (Å²) < 4.78 is 0.0941. The number of allylic oxidation sites excluding steroid dienone is 1. The molecular weight excluding hydrogens is 355 g/mol. The second-order valence-corrected chi connectivity index (χ2v) is 8.02. The monoisotopic (exact) mass is 380 g/mol. The molecule has 0 radical (unpaired) electrons. The lowest BCUT2D eigenvalue weighted by Crippen LogP contribution is -2.44. The number of carboxylic acids is 1. The van der Waals surface area contributed by atoms with Crippen LogP contribution in [0.25, 0.3) is 0 Å². The first kappa shape index (κ1) is 21.6. The summed E-state index contributed by atoms with van der Waals surface area (Å²) in [6.45, 7) is 9.72. The summed E-state index contributed by atoms with van der Waals surface area (Å²) in [5.41, 5.74) is 3.23. The van der Waals surface area contributed by atoms with E-state index in [2.05, 4.69) is 5.92 Å². The first-order chi connectivity index (χ1) is 11.6. The summed E-state index contributed by atoms with van der Waals surface area (Å²) >= 11 is 11.6. The number of carboxylic acid groups (broad SMARTS) is 1. The number of hydrogen-bond acceptors (Lipinski definition) is 1. The van der Waals surface area contributed by atoms with Crippen molar-refractivity contribution in [1.82, 2.24) is 0 Å². The van der Waals surface area contributed by atoms with Crippen LogP contribution in [0.2, 0.25) is 0 Å². The fourth-order valence-electron chi connectivity index (χ4n) is 3.62. The number of carbonyl (C=O) groups is 1. The van der Waals surface area contributed by atoms with E-state index in [0.29, 0.717) is 12.8 Å². The topological polar surface area (TPSA) is 37.3 Å². The summed E-state index contributed by atoms with van der Waals surface area (Å²) in [5.74, 6) is 1.39. The van der Waals surface area contributed by atoms with Gasteiger partial charge in [-0.1, -0.05) is 62.2 Å². The maximum absolute atomic E-state index is 12.3. The summed E-state index contributed by atoms with van der Waals surface area (Å²) in [6, 6.07) is 4.09. The Labute approximate surface area is 161 Å². The van der Waals surface area contributed by atoms with E-state index >= 15 is 0 Å². The highest BCUT2D eigenvalue weighted by Crippen LogP contribution is 2.42. The van der Waals surface area contributed by atoms with Gasteiger partial charge in [-0.15, -0.1) is 12.3 Å². The van der Waals surface area contributed by atoms with Gasteiger partial charge in [0, 0.05) is 6.42 Å². The average molecular weight is 381 g/mol. The van der Waals surface area contributed by atoms with Crippen molar-refractivity contribution in [2.24, 2.45) is 17.3 Å². The molecule has 0 heterocycles. The fraction of sp³-hybridized carbons (Fsp3) is 0.476. The van der Waals surface area contributed by atoms with Gasteiger partial charge in [0.1, 0.15) is 4.49 Å². The number of rotatable bonds is 7. The molecule has 2 atom stereocenters. The third-order valence-corrected chi connectivity index (χ3v) is 5.40. The van der Waals surface area contributed by atoms with Crippen LogP contribution in [-0.2, 0) is 17.6 Å². The molecule has 0 bridgehead atoms. The number of benzene rings is 1. The van der Waals surface area contributed by atoms with Crippen molar-refractivity contribution in [2.45, 2.75) is 47.5 Å². The SMILES string of the molecule is C#CCc1cc(C)c(CC(C(=O)O)(C(C)C)C(C)C=C(Cl)Cl)c(C)c1. The van der Waals surface area contributed by atoms with Crippen molar-refractivity contribution in [1.29, 1.82) is 0 Å². The van der Waals surface area contributed by atoms with Crippen molar-refractivity contribution < 1.29 is 9.90 Å². The van der Waals surface area contributed by atoms with Gasteiger partial charge in [-0.3, -0.25) is 4.79 Å². The Balaban J connectivity index is 3.48. The molecule has 0 saturated heterocycles. The van der Waals surface area contributed by atoms with Crippen molar-refractivity contribution in [2.75, 3.05) is 0 Å². The largest absolute Gasteiger partial charge is 0.481 e. The van der Waals surface area contributed by atoms with Crippen LogP contribution in [0.5, 0.6) is 0 Å². The molecule has 0 amide bonds. The first-order valence-corrected chi connectivity index (χ1v) is 9.10. The Morgan fingerprint density at radius 2 is 1.80 bits per heavy atom. The molecule has 0 saturated carbocycles. The summed E-state index contributed by atoms with van der Waals surface area (Å²) in [6.07, 6.45) is 8.00. The van der Waals surface area contributed by atoms with Gasteiger partial charge in [-0.05, 0) is 54.4 Å². The van der Waals surface area contributed by atoms with Gasteiger partial charge in [0.15, 0.2) is 0 Å². The number of halogens is 2. The average Bonchev–Trinajstić information content (AvgIpc) is 2.45. The van der Waals surface area contributed by atoms with E-state index in [9.17, 15) is 9.90 Å². The van der Waals surface area contributed by atoms with Gasteiger partial charge in [0.05, 0.1) is 5.41 Å². The minimum Gasteiger partial charge on any atom is -0.481 e. The Morgan fingerprint density at radius 3 is 2.16 bits per heavy atom. The number of aliphatic carboxylic acids is 1. The summed E-state index contributed by atoms with van der Waals surface area (Å²) in [7, 11) is 0. The van der Waals surface area contributed by atoms with Crippen molar-refractivity contribution >= 4 is 29.2 Å². The molecular formula is C21H26Cl2O2. The van der Waals surface area contributed by atoms with Crippen molar-refractivity contribution in [3.05, 3.63) is 45.0 Å². The van der Waals surface area contributed by atoms with Crippen molar-refractivity contribution in [3.8, 4) is 12.3 Å². The molecule has 2 unspecified atom stereocenters. The predicted molar refractivity (Wildman–Crippen MR) is 106 cm³/mol. The van der Waals surface area contributed by atoms with Gasteiger partial charge >= 0.3 is 5.97 Å². The predicted octanol–water partition coefficient (Wildman–Crippen LogP) is 5.70. The molecule has 1 N–H and O–H groups in total. The van der Waals surface area contributed by atoms with Gasteiger partial charge < -0.3 is 5.11 Å². The van der Waals surface area contributed by atoms with Gasteiger partial charge in [0.25, 0.3) is 0 Å². The van der Waals surface area contributed by atoms with Crippen LogP contribution in [0.3, 0.4) is 0 Å². The fourth-order valence-corrected chi connectivity index (χ4v) is 4.00. The second kappa shape index (κ2) is 8.79. The van der Waals surface area contributed by atoms with E-state index in [1.807, 2.05) is 46.8 Å². The van der Waals surface area contributed by atoms with Crippen LogP contribution < -0.4 is 0 Å². The van der Waals surface area contributed by atoms with E-state index in [1.54, 1.807) is 6.08 Å². The Morgan fingerprint density at radius 1 is 1.28 bits per heavy atom. The molecule has 0 spiro atoms. The summed E-state index contributed by atoms with van der Waals surface area (Å²) in [4.78, 5) is 12.3. The quantitative estimate of drug-likeness (QED) is 0.615. The highest BCUT2D eigenvalue weighted by molar-refractivity contribution is 6.55. The maximum Gasteiger partial charge on any atom is 0.310 e. The van der Waals surface area contributed by atoms with E-state index in [1.165, 1.54) is 0 Å². The lowest BCUT2D eigenvalue weighted by molar-refractivity contribution is -0.154. The van der Waals surface area contributed by atoms with Gasteiger partial charge in [-0.25, -0.2) is 0 Å². The highest BCUT2D eigenvalue weighted by Gasteiger charge is 2.46. The lowest BCUT2D eigenvalue weighted by Gasteiger charge is -2.38. The maximum atomic E-state index is 12.3.